The van der Waals surface area contributed by atoms with E-state index in [0.717, 1.165) is 0 Å². The van der Waals surface area contributed by atoms with Gasteiger partial charge in [0.1, 0.15) is 0 Å². The number of H-pyrrole nitrogens is 2. The number of carbonyl (C=O) groups is 4. The molecule has 6 aromatic rings. The normalized spacial score (nSPS) is 19.1. The summed E-state index contributed by atoms with van der Waals surface area (Å²) in [6, 6.07) is 32.3. The Bertz CT molecular complexity index is 3190. The molecule has 4 aromatic carbocycles. The average molecular weight is 862 g/mol. The summed E-state index contributed by atoms with van der Waals surface area (Å²) in [5.74, 6) is -4.41. The Kier molecular flexibility index (Phi) is 9.61. The average Bonchev–Trinajstić information content (AvgIpc) is 4.11. The maximum atomic E-state index is 11.9. The monoisotopic (exact) mass is 860 g/mol. The van der Waals surface area contributed by atoms with Crippen molar-refractivity contribution in [2.24, 2.45) is 9.98 Å². The molecule has 6 N–H and O–H groups in total. The Hall–Kier alpha value is -7.80. The van der Waals surface area contributed by atoms with Crippen LogP contribution in [0.4, 0.5) is 0 Å². The zero-order chi connectivity index (χ0) is 43.5. The second kappa shape index (κ2) is 15.0. The van der Waals surface area contributed by atoms with Crippen LogP contribution in [-0.2, 0) is 4.87 Å². The van der Waals surface area contributed by atoms with E-state index >= 15 is 0 Å². The number of hydrogen-bond acceptors (Lipinski definition) is 6. The highest BCUT2D eigenvalue weighted by Gasteiger charge is 2.53. The first kappa shape index (κ1) is 39.6. The van der Waals surface area contributed by atoms with Crippen molar-refractivity contribution in [2.45, 2.75) is 9.87 Å². The van der Waals surface area contributed by atoms with Crippen molar-refractivity contribution in [1.29, 1.82) is 0 Å². The number of fused-ring (bicyclic) bond motifs is 6. The molecule has 62 heavy (non-hydrogen) atoms. The molecule has 0 saturated carbocycles. The summed E-state index contributed by atoms with van der Waals surface area (Å²) >= 11 is 15.6. The number of carboxylic acids is 4. The fourth-order valence-electron chi connectivity index (χ4n) is 7.89. The minimum absolute atomic E-state index is 0.0275. The first-order valence-electron chi connectivity index (χ1n) is 18.9. The molecule has 3 aliphatic heterocycles. The number of aromatic amines is 2. The molecule has 0 radical (unpaired) electrons. The molecule has 9 rings (SSSR count). The van der Waals surface area contributed by atoms with Gasteiger partial charge >= 0.3 is 23.9 Å². The third kappa shape index (κ3) is 6.67. The molecule has 12 nitrogen and oxygen atoms in total. The van der Waals surface area contributed by atoms with E-state index in [1.54, 1.807) is 72.8 Å². The highest BCUT2D eigenvalue weighted by atomic mass is 35.5. The molecule has 2 atom stereocenters. The molecule has 3 aliphatic rings. The van der Waals surface area contributed by atoms with E-state index in [9.17, 15) is 39.6 Å². The predicted molar refractivity (Wildman–Crippen MR) is 234 cm³/mol. The highest BCUT2D eigenvalue weighted by Crippen LogP contribution is 2.53. The summed E-state index contributed by atoms with van der Waals surface area (Å²) < 4.78 is 0. The zero-order valence-electron chi connectivity index (χ0n) is 31.9. The molecule has 8 bridgehead atoms. The number of nitrogens with zero attached hydrogens (tertiary/aromatic N) is 2. The number of benzene rings is 4. The third-order valence-corrected chi connectivity index (χ3v) is 12.3. The smallest absolute Gasteiger partial charge is 0.335 e. The van der Waals surface area contributed by atoms with Crippen molar-refractivity contribution in [2.75, 3.05) is 0 Å². The number of allylic oxidation sites excluding steroid dienone is 3. The molecule has 0 spiro atoms. The Morgan fingerprint density at radius 3 is 1.42 bits per heavy atom. The minimum atomic E-state index is -1.77. The number of aromatic nitrogens is 2. The SMILES string of the molecule is O=C(O)c1ccc(C2=C3C=CC(=N3)C(c3ccc(C(=O)O)cc3)=c3ccc([nH]3)=C(c3ccc(C(=O)O)cc3)C3=N[C@](Cl)(C=C3)[C@@](Cl)(c3ccc(C(=O)O)cc3)c3ccc2[nH]3)cc1. The van der Waals surface area contributed by atoms with Crippen molar-refractivity contribution in [3.05, 3.63) is 218 Å². The second-order valence-corrected chi connectivity index (χ2v) is 15.7. The molecule has 5 heterocycles. The van der Waals surface area contributed by atoms with Crippen LogP contribution in [0.1, 0.15) is 75.1 Å². The molecule has 0 fully saturated rings. The molecule has 14 heteroatoms. The van der Waals surface area contributed by atoms with E-state index in [0.29, 0.717) is 78.2 Å². The van der Waals surface area contributed by atoms with Crippen LogP contribution >= 0.6 is 23.2 Å². The Balaban J connectivity index is 1.39. The van der Waals surface area contributed by atoms with E-state index < -0.39 is 33.7 Å². The Labute approximate surface area is 361 Å². The quantitative estimate of drug-likeness (QED) is 0.0668. The van der Waals surface area contributed by atoms with Crippen LogP contribution in [0.5, 0.6) is 0 Å². The molecule has 2 aromatic heterocycles. The van der Waals surface area contributed by atoms with Gasteiger partial charge in [-0.05, 0) is 119 Å². The van der Waals surface area contributed by atoms with Gasteiger partial charge in [0.25, 0.3) is 0 Å². The standard InChI is InChI=1S/C48H30Cl2N4O8/c49-47-24-23-38(54-47)42(27-5-11-30(12-6-27)45(59)60)36-20-19-34(52-36)40(25-1-7-28(8-2-25)43(55)56)33-17-18-35(51-33)41(26-3-9-29(10-4-26)44(57)58)37-21-22-39(53-37)48(47,50)32-15-13-31(14-16-32)46(61)62/h1-24,52-53H,(H,55,56)(H,57,58)(H,59,60)(H,61,62)/t47-,48-/m1/s1. The van der Waals surface area contributed by atoms with Crippen LogP contribution < -0.4 is 10.7 Å². The van der Waals surface area contributed by atoms with Gasteiger partial charge in [0, 0.05) is 38.8 Å². The molecule has 0 amide bonds. The number of nitrogens with one attached hydrogen (secondary N) is 2. The van der Waals surface area contributed by atoms with Crippen LogP contribution in [0.3, 0.4) is 0 Å². The number of halogens is 2. The van der Waals surface area contributed by atoms with Gasteiger partial charge in [-0.1, -0.05) is 60.1 Å². The number of rotatable bonds is 8. The number of aliphatic imine (C=N–C) groups is 2. The number of carboxylic acid groups (broad SMARTS) is 4. The lowest BCUT2D eigenvalue weighted by Gasteiger charge is -2.37. The first-order valence-corrected chi connectivity index (χ1v) is 19.7. The van der Waals surface area contributed by atoms with Gasteiger partial charge in [-0.25, -0.2) is 24.2 Å². The van der Waals surface area contributed by atoms with E-state index in [1.165, 1.54) is 48.5 Å². The lowest BCUT2D eigenvalue weighted by molar-refractivity contribution is 0.0686. The number of hydrogen-bond donors (Lipinski definition) is 6. The van der Waals surface area contributed by atoms with Gasteiger partial charge in [0.15, 0.2) is 9.87 Å². The summed E-state index contributed by atoms with van der Waals surface area (Å²) in [7, 11) is 0. The lowest BCUT2D eigenvalue weighted by Crippen LogP contribution is -2.41. The minimum Gasteiger partial charge on any atom is -0.478 e. The van der Waals surface area contributed by atoms with E-state index in [2.05, 4.69) is 9.97 Å². The fourth-order valence-corrected chi connectivity index (χ4v) is 8.60. The lowest BCUT2D eigenvalue weighted by atomic mass is 9.86. The third-order valence-electron chi connectivity index (χ3n) is 11.0. The van der Waals surface area contributed by atoms with Crippen molar-refractivity contribution >= 4 is 75.2 Å². The van der Waals surface area contributed by atoms with Crippen LogP contribution in [0.15, 0.2) is 161 Å². The second-order valence-electron chi connectivity index (χ2n) is 14.6. The van der Waals surface area contributed by atoms with Gasteiger partial charge in [-0.3, -0.25) is 4.99 Å². The number of alkyl halides is 2. The molecule has 0 unspecified atom stereocenters. The van der Waals surface area contributed by atoms with Crippen LogP contribution in [-0.4, -0.2) is 70.7 Å². The van der Waals surface area contributed by atoms with E-state index in [1.807, 2.05) is 24.3 Å². The van der Waals surface area contributed by atoms with Crippen LogP contribution in [0.25, 0.3) is 16.7 Å². The van der Waals surface area contributed by atoms with Gasteiger partial charge in [0.2, 0.25) is 0 Å². The summed E-state index contributed by atoms with van der Waals surface area (Å²) in [4.78, 5) is 61.3. The molecule has 0 aliphatic carbocycles. The van der Waals surface area contributed by atoms with Gasteiger partial charge in [-0.15, -0.1) is 11.6 Å². The summed E-state index contributed by atoms with van der Waals surface area (Å²) in [6.45, 7) is 0. The van der Waals surface area contributed by atoms with Gasteiger partial charge in [-0.2, -0.15) is 0 Å². The van der Waals surface area contributed by atoms with Crippen molar-refractivity contribution < 1.29 is 39.6 Å². The summed E-state index contributed by atoms with van der Waals surface area (Å²) in [5.41, 5.74) is 6.59. The fraction of sp³-hybridized carbons (Fsp3) is 0.0417. The topological polar surface area (TPSA) is 205 Å². The van der Waals surface area contributed by atoms with Crippen molar-refractivity contribution in [1.82, 2.24) is 9.97 Å². The highest BCUT2D eigenvalue weighted by molar-refractivity contribution is 6.40. The molecule has 0 saturated heterocycles. The maximum Gasteiger partial charge on any atom is 0.335 e. The zero-order valence-corrected chi connectivity index (χ0v) is 33.4. The van der Waals surface area contributed by atoms with Gasteiger partial charge < -0.3 is 30.4 Å². The van der Waals surface area contributed by atoms with Crippen LogP contribution in [0.2, 0.25) is 0 Å². The first-order chi connectivity index (χ1) is 29.7. The molecule has 304 valence electrons. The Morgan fingerprint density at radius 1 is 0.484 bits per heavy atom. The predicted octanol–water partition coefficient (Wildman–Crippen LogP) is 7.45. The summed E-state index contributed by atoms with van der Waals surface area (Å²) in [5, 5.41) is 40.0. The largest absolute Gasteiger partial charge is 0.478 e. The molecular formula is C48H30Cl2N4O8. The summed E-state index contributed by atoms with van der Waals surface area (Å²) in [6.07, 6.45) is 7.03. The van der Waals surface area contributed by atoms with Crippen LogP contribution in [0, 0.1) is 0 Å². The van der Waals surface area contributed by atoms with Crippen molar-refractivity contribution in [3.63, 3.8) is 0 Å². The van der Waals surface area contributed by atoms with E-state index in [4.69, 9.17) is 33.2 Å². The molecular weight excluding hydrogens is 831 g/mol. The Morgan fingerprint density at radius 2 is 0.935 bits per heavy atom. The maximum absolute atomic E-state index is 11.9. The van der Waals surface area contributed by atoms with Crippen molar-refractivity contribution in [3.8, 4) is 0 Å². The number of aromatic carboxylic acids is 4. The van der Waals surface area contributed by atoms with E-state index in [-0.39, 0.29) is 22.3 Å². The van der Waals surface area contributed by atoms with Gasteiger partial charge in [0.05, 0.1) is 39.4 Å².